The lowest BCUT2D eigenvalue weighted by Crippen LogP contribution is -2.40. The molecule has 2 unspecified atom stereocenters. The average Bonchev–Trinajstić information content (AvgIpc) is 3.08. The van der Waals surface area contributed by atoms with E-state index in [1.54, 1.807) is 6.92 Å². The van der Waals surface area contributed by atoms with Crippen LogP contribution >= 0.6 is 0 Å². The second kappa shape index (κ2) is 18.2. The first-order valence-electron chi connectivity index (χ1n) is 13.2. The van der Waals surface area contributed by atoms with E-state index in [2.05, 4.69) is 17.6 Å². The maximum atomic E-state index is 12.0. The van der Waals surface area contributed by atoms with Gasteiger partial charge in [0, 0.05) is 18.9 Å². The minimum Gasteiger partial charge on any atom is -0.353 e. The molecule has 0 radical (unpaired) electrons. The summed E-state index contributed by atoms with van der Waals surface area (Å²) < 4.78 is 0. The van der Waals surface area contributed by atoms with Gasteiger partial charge in [0.25, 0.3) is 0 Å². The maximum absolute atomic E-state index is 12.0. The Bertz CT molecular complexity index is 507. The second-order valence-corrected chi connectivity index (χ2v) is 9.49. The van der Waals surface area contributed by atoms with Crippen LogP contribution < -0.4 is 10.6 Å². The summed E-state index contributed by atoms with van der Waals surface area (Å²) in [6, 6.07) is -0.287. The molecule has 1 fully saturated rings. The number of unbranched alkanes of at least 4 members (excludes halogenated alkanes) is 16. The molecule has 1 aliphatic heterocycles. The molecule has 1 rings (SSSR count). The Morgan fingerprint density at radius 2 is 1.23 bits per heavy atom. The van der Waals surface area contributed by atoms with Crippen molar-refractivity contribution in [3.8, 4) is 0 Å². The molecular weight excluding hydrogens is 388 g/mol. The highest BCUT2D eigenvalue weighted by Crippen LogP contribution is 2.16. The van der Waals surface area contributed by atoms with Gasteiger partial charge in [0.15, 0.2) is 0 Å². The molecule has 5 heteroatoms. The molecule has 1 saturated heterocycles. The molecule has 0 aromatic carbocycles. The van der Waals surface area contributed by atoms with E-state index in [9.17, 15) is 14.4 Å². The summed E-state index contributed by atoms with van der Waals surface area (Å²) in [7, 11) is 0. The Hall–Kier alpha value is -1.39. The summed E-state index contributed by atoms with van der Waals surface area (Å²) in [6.07, 6.45) is 23.2. The normalized spacial score (nSPS) is 17.0. The molecule has 0 aromatic rings. The molecule has 2 N–H and O–H groups in total. The molecule has 5 nitrogen and oxygen atoms in total. The zero-order chi connectivity index (χ0) is 22.7. The molecule has 31 heavy (non-hydrogen) atoms. The van der Waals surface area contributed by atoms with E-state index in [-0.39, 0.29) is 30.2 Å². The van der Waals surface area contributed by atoms with Crippen molar-refractivity contribution in [2.75, 3.05) is 0 Å². The zero-order valence-corrected chi connectivity index (χ0v) is 20.3. The number of amides is 3. The van der Waals surface area contributed by atoms with Gasteiger partial charge in [-0.2, -0.15) is 0 Å². The summed E-state index contributed by atoms with van der Waals surface area (Å²) in [4.78, 5) is 34.9. The molecule has 0 saturated carbocycles. The predicted octanol–water partition coefficient (Wildman–Crippen LogP) is 6.20. The number of nitrogens with one attached hydrogen (secondary N) is 2. The third-order valence-electron chi connectivity index (χ3n) is 6.50. The Morgan fingerprint density at radius 3 is 1.61 bits per heavy atom. The SMILES string of the molecule is CCCCCCCCCCCCCCCCCCCC(=O)NC(C)C1CC(=O)NC1=O. The summed E-state index contributed by atoms with van der Waals surface area (Å²) >= 11 is 0. The van der Waals surface area contributed by atoms with Gasteiger partial charge < -0.3 is 5.32 Å². The number of imide groups is 1. The van der Waals surface area contributed by atoms with Crippen LogP contribution in [0.3, 0.4) is 0 Å². The standard InChI is InChI=1S/C26H48N2O3/c1-3-4-5-6-7-8-9-10-11-12-13-14-15-16-17-18-19-20-24(29)27-22(2)23-21-25(30)28-26(23)31/h22-23H,3-21H2,1-2H3,(H,27,29)(H,28,30,31). The number of carbonyl (C=O) groups is 3. The van der Waals surface area contributed by atoms with Crippen LogP contribution in [-0.2, 0) is 14.4 Å². The van der Waals surface area contributed by atoms with Crippen molar-refractivity contribution >= 4 is 17.7 Å². The van der Waals surface area contributed by atoms with E-state index in [0.717, 1.165) is 12.8 Å². The fourth-order valence-electron chi connectivity index (χ4n) is 4.41. The highest BCUT2D eigenvalue weighted by molar-refractivity contribution is 6.04. The molecule has 0 aromatic heterocycles. The van der Waals surface area contributed by atoms with Crippen molar-refractivity contribution in [2.24, 2.45) is 5.92 Å². The predicted molar refractivity (Wildman–Crippen MR) is 128 cm³/mol. The summed E-state index contributed by atoms with van der Waals surface area (Å²) in [5.74, 6) is -0.951. The summed E-state index contributed by atoms with van der Waals surface area (Å²) in [6.45, 7) is 4.07. The van der Waals surface area contributed by atoms with Crippen LogP contribution in [0.25, 0.3) is 0 Å². The van der Waals surface area contributed by atoms with Gasteiger partial charge in [-0.05, 0) is 13.3 Å². The van der Waals surface area contributed by atoms with Crippen LogP contribution in [0.2, 0.25) is 0 Å². The fourth-order valence-corrected chi connectivity index (χ4v) is 4.41. The first kappa shape index (κ1) is 27.6. The van der Waals surface area contributed by atoms with Gasteiger partial charge in [-0.3, -0.25) is 19.7 Å². The van der Waals surface area contributed by atoms with E-state index < -0.39 is 5.92 Å². The molecule has 3 amide bonds. The van der Waals surface area contributed by atoms with Crippen LogP contribution in [0.4, 0.5) is 0 Å². The highest BCUT2D eigenvalue weighted by Gasteiger charge is 2.35. The van der Waals surface area contributed by atoms with E-state index >= 15 is 0 Å². The van der Waals surface area contributed by atoms with Crippen LogP contribution in [0.15, 0.2) is 0 Å². The summed E-state index contributed by atoms with van der Waals surface area (Å²) in [5, 5.41) is 5.17. The van der Waals surface area contributed by atoms with Gasteiger partial charge in [0.05, 0.1) is 5.92 Å². The van der Waals surface area contributed by atoms with Crippen LogP contribution in [0.1, 0.15) is 136 Å². The van der Waals surface area contributed by atoms with Gasteiger partial charge in [-0.1, -0.05) is 110 Å². The van der Waals surface area contributed by atoms with Gasteiger partial charge in [0.2, 0.25) is 17.7 Å². The third-order valence-corrected chi connectivity index (χ3v) is 6.50. The van der Waals surface area contributed by atoms with Crippen molar-refractivity contribution in [3.63, 3.8) is 0 Å². The molecule has 0 bridgehead atoms. The highest BCUT2D eigenvalue weighted by atomic mass is 16.2. The largest absolute Gasteiger partial charge is 0.353 e. The molecule has 0 spiro atoms. The lowest BCUT2D eigenvalue weighted by molar-refractivity contribution is -0.126. The topological polar surface area (TPSA) is 75.3 Å². The van der Waals surface area contributed by atoms with Crippen molar-refractivity contribution in [1.29, 1.82) is 0 Å². The fraction of sp³-hybridized carbons (Fsp3) is 0.885. The van der Waals surface area contributed by atoms with Gasteiger partial charge >= 0.3 is 0 Å². The second-order valence-electron chi connectivity index (χ2n) is 9.49. The Labute approximate surface area is 190 Å². The first-order valence-corrected chi connectivity index (χ1v) is 13.2. The molecule has 1 heterocycles. The van der Waals surface area contributed by atoms with Crippen molar-refractivity contribution in [2.45, 2.75) is 142 Å². The number of hydrogen-bond acceptors (Lipinski definition) is 3. The lowest BCUT2D eigenvalue weighted by atomic mass is 9.99. The van der Waals surface area contributed by atoms with Crippen molar-refractivity contribution in [1.82, 2.24) is 10.6 Å². The maximum Gasteiger partial charge on any atom is 0.232 e. The molecule has 2 atom stereocenters. The zero-order valence-electron chi connectivity index (χ0n) is 20.3. The number of hydrogen-bond donors (Lipinski definition) is 2. The van der Waals surface area contributed by atoms with Crippen molar-refractivity contribution in [3.05, 3.63) is 0 Å². The van der Waals surface area contributed by atoms with Crippen molar-refractivity contribution < 1.29 is 14.4 Å². The first-order chi connectivity index (χ1) is 15.0. The number of carbonyl (C=O) groups excluding carboxylic acids is 3. The quantitative estimate of drug-likeness (QED) is 0.176. The van der Waals surface area contributed by atoms with Crippen LogP contribution in [0, 0.1) is 5.92 Å². The van der Waals surface area contributed by atoms with Crippen LogP contribution in [0.5, 0.6) is 0 Å². The minimum atomic E-state index is -0.424. The lowest BCUT2D eigenvalue weighted by Gasteiger charge is -2.17. The van der Waals surface area contributed by atoms with Crippen LogP contribution in [-0.4, -0.2) is 23.8 Å². The monoisotopic (exact) mass is 436 g/mol. The molecule has 1 aliphatic rings. The molecule has 0 aliphatic carbocycles. The van der Waals surface area contributed by atoms with E-state index in [4.69, 9.17) is 0 Å². The Kier molecular flexibility index (Phi) is 16.2. The van der Waals surface area contributed by atoms with Gasteiger partial charge in [0.1, 0.15) is 0 Å². The van der Waals surface area contributed by atoms with Gasteiger partial charge in [-0.25, -0.2) is 0 Å². The Morgan fingerprint density at radius 1 is 0.806 bits per heavy atom. The van der Waals surface area contributed by atoms with E-state index in [1.165, 1.54) is 96.3 Å². The number of rotatable bonds is 20. The average molecular weight is 437 g/mol. The third kappa shape index (κ3) is 14.3. The summed E-state index contributed by atoms with van der Waals surface area (Å²) in [5.41, 5.74) is 0. The van der Waals surface area contributed by atoms with E-state index in [1.807, 2.05) is 0 Å². The smallest absolute Gasteiger partial charge is 0.232 e. The Balaban J connectivity index is 1.81. The molecule has 180 valence electrons. The molecular formula is C26H48N2O3. The van der Waals surface area contributed by atoms with Gasteiger partial charge in [-0.15, -0.1) is 0 Å². The van der Waals surface area contributed by atoms with E-state index in [0.29, 0.717) is 6.42 Å². The minimum absolute atomic E-state index is 0.0133.